The third-order valence-corrected chi connectivity index (χ3v) is 6.31. The Balaban J connectivity index is 1.50. The first kappa shape index (κ1) is 26.3. The lowest BCUT2D eigenvalue weighted by atomic mass is 10.1. The van der Waals surface area contributed by atoms with Crippen molar-refractivity contribution >= 4 is 23.1 Å². The molecular weight excluding hydrogens is 468 g/mol. The second-order valence-electron chi connectivity index (χ2n) is 9.04. The Morgan fingerprint density at radius 3 is 2.57 bits per heavy atom. The largest absolute Gasteiger partial charge is 0.479 e. The molecule has 0 saturated heterocycles. The van der Waals surface area contributed by atoms with Crippen LogP contribution in [-0.2, 0) is 27.4 Å². The number of aliphatic hydroxyl groups is 1. The molecule has 3 atom stereocenters. The van der Waals surface area contributed by atoms with Crippen molar-refractivity contribution in [1.82, 2.24) is 9.55 Å². The summed E-state index contributed by atoms with van der Waals surface area (Å²) in [6.45, 7) is 4.51. The average molecular weight is 501 g/mol. The number of aryl methyl sites for hydroxylation is 1. The van der Waals surface area contributed by atoms with Crippen LogP contribution in [0.5, 0.6) is 0 Å². The Morgan fingerprint density at radius 1 is 1.08 bits per heavy atom. The number of carboxylic acid groups (broad SMARTS) is 1. The van der Waals surface area contributed by atoms with Gasteiger partial charge >= 0.3 is 5.97 Å². The molecule has 192 valence electrons. The van der Waals surface area contributed by atoms with Gasteiger partial charge in [0.05, 0.1) is 23.7 Å². The lowest BCUT2D eigenvalue weighted by Gasteiger charge is -2.19. The highest BCUT2D eigenvalue weighted by molar-refractivity contribution is 5.76. The summed E-state index contributed by atoms with van der Waals surface area (Å²) in [7, 11) is 1.36. The minimum Gasteiger partial charge on any atom is -0.479 e. The van der Waals surface area contributed by atoms with Gasteiger partial charge in [-0.25, -0.2) is 9.78 Å². The summed E-state index contributed by atoms with van der Waals surface area (Å²) < 4.78 is 12.8. The Labute approximate surface area is 216 Å². The smallest absolute Gasteiger partial charge is 0.335 e. The van der Waals surface area contributed by atoms with Crippen LogP contribution in [0.4, 0.5) is 0 Å². The van der Waals surface area contributed by atoms with Gasteiger partial charge in [0.15, 0.2) is 6.10 Å². The fraction of sp³-hybridized carbons (Fsp3) is 0.267. The number of ether oxygens (including phenoxy) is 2. The number of hydrogen-bond donors (Lipinski definition) is 2. The second-order valence-corrected chi connectivity index (χ2v) is 9.04. The minimum atomic E-state index is -1.05. The number of aliphatic hydroxyl groups excluding tert-OH is 1. The van der Waals surface area contributed by atoms with Crippen molar-refractivity contribution in [2.24, 2.45) is 0 Å². The Bertz CT molecular complexity index is 1380. The summed E-state index contributed by atoms with van der Waals surface area (Å²) >= 11 is 0. The van der Waals surface area contributed by atoms with Gasteiger partial charge < -0.3 is 24.3 Å². The molecule has 0 aliphatic heterocycles. The predicted molar refractivity (Wildman–Crippen MR) is 143 cm³/mol. The molecule has 2 unspecified atom stereocenters. The monoisotopic (exact) mass is 500 g/mol. The van der Waals surface area contributed by atoms with Crippen molar-refractivity contribution in [3.05, 3.63) is 107 Å². The number of rotatable bonds is 11. The lowest BCUT2D eigenvalue weighted by molar-refractivity contribution is -0.158. The fourth-order valence-electron chi connectivity index (χ4n) is 4.28. The van der Waals surface area contributed by atoms with Crippen molar-refractivity contribution in [3.63, 3.8) is 0 Å². The number of carboxylic acids is 1. The molecule has 0 amide bonds. The maximum atomic E-state index is 11.3. The van der Waals surface area contributed by atoms with E-state index in [0.29, 0.717) is 12.4 Å². The number of hydrogen-bond acceptors (Lipinski definition) is 5. The average Bonchev–Trinajstić information content (AvgIpc) is 3.26. The summed E-state index contributed by atoms with van der Waals surface area (Å²) in [6, 6.07) is 23.6. The number of nitrogens with zero attached hydrogens (tertiary/aromatic N) is 2. The number of imidazole rings is 1. The van der Waals surface area contributed by atoms with Crippen LogP contribution < -0.4 is 0 Å². The van der Waals surface area contributed by atoms with E-state index in [1.54, 1.807) is 6.92 Å². The highest BCUT2D eigenvalue weighted by Gasteiger charge is 2.25. The maximum Gasteiger partial charge on any atom is 0.335 e. The van der Waals surface area contributed by atoms with Gasteiger partial charge in [0.2, 0.25) is 0 Å². The van der Waals surface area contributed by atoms with Gasteiger partial charge in [-0.2, -0.15) is 0 Å². The summed E-state index contributed by atoms with van der Waals surface area (Å²) in [6.07, 6.45) is 1.60. The summed E-state index contributed by atoms with van der Waals surface area (Å²) in [5.41, 5.74) is 5.64. The Kier molecular flexibility index (Phi) is 8.50. The maximum absolute atomic E-state index is 11.3. The molecule has 0 aliphatic rings. The third-order valence-electron chi connectivity index (χ3n) is 6.31. The third kappa shape index (κ3) is 6.32. The quantitative estimate of drug-likeness (QED) is 0.296. The standard InChI is InChI=1S/C30H32N2O5/c1-20-13-15-24(16-14-20)27(33)29-31-25-11-4-5-12-26(25)32(29)17-7-10-22-8-6-9-23(18-22)19-37-21(2)28(36-3)30(34)35/h4-16,18,21,27-28,33H,17,19H2,1-3H3,(H,34,35)/b10-7+/t21-,27?,28?/m1/s1. The number of allylic oxidation sites excluding steroid dienone is 1. The van der Waals surface area contributed by atoms with E-state index in [4.69, 9.17) is 14.5 Å². The Morgan fingerprint density at radius 2 is 1.84 bits per heavy atom. The van der Waals surface area contributed by atoms with E-state index in [-0.39, 0.29) is 6.61 Å². The lowest BCUT2D eigenvalue weighted by Crippen LogP contribution is -2.35. The van der Waals surface area contributed by atoms with E-state index in [1.807, 2.05) is 96.4 Å². The number of carbonyl (C=O) groups is 1. The summed E-state index contributed by atoms with van der Waals surface area (Å²) in [5.74, 6) is -0.456. The molecule has 7 nitrogen and oxygen atoms in total. The van der Waals surface area contributed by atoms with E-state index in [1.165, 1.54) is 7.11 Å². The fourth-order valence-corrected chi connectivity index (χ4v) is 4.28. The molecule has 1 heterocycles. The van der Waals surface area contributed by atoms with Crippen molar-refractivity contribution in [1.29, 1.82) is 0 Å². The van der Waals surface area contributed by atoms with Crippen molar-refractivity contribution in [3.8, 4) is 0 Å². The molecule has 0 saturated carbocycles. The van der Waals surface area contributed by atoms with Gasteiger partial charge in [-0.1, -0.05) is 72.3 Å². The van der Waals surface area contributed by atoms with Gasteiger partial charge in [0, 0.05) is 13.7 Å². The molecule has 4 aromatic rings. The topological polar surface area (TPSA) is 93.8 Å². The van der Waals surface area contributed by atoms with E-state index in [9.17, 15) is 15.0 Å². The van der Waals surface area contributed by atoms with E-state index < -0.39 is 24.3 Å². The van der Waals surface area contributed by atoms with Crippen LogP contribution in [0.1, 0.15) is 41.1 Å². The van der Waals surface area contributed by atoms with Gasteiger partial charge in [-0.15, -0.1) is 0 Å². The molecule has 7 heteroatoms. The molecule has 0 radical (unpaired) electrons. The highest BCUT2D eigenvalue weighted by atomic mass is 16.5. The highest BCUT2D eigenvalue weighted by Crippen LogP contribution is 2.26. The molecule has 0 bridgehead atoms. The number of aliphatic carboxylic acids is 1. The molecule has 0 fully saturated rings. The first-order valence-corrected chi connectivity index (χ1v) is 12.2. The number of para-hydroxylation sites is 2. The van der Waals surface area contributed by atoms with Crippen molar-refractivity contribution in [2.45, 2.75) is 45.3 Å². The normalized spacial score (nSPS) is 14.2. The van der Waals surface area contributed by atoms with Crippen LogP contribution in [0, 0.1) is 6.92 Å². The van der Waals surface area contributed by atoms with Crippen LogP contribution in [0.3, 0.4) is 0 Å². The van der Waals surface area contributed by atoms with E-state index in [2.05, 4.69) is 0 Å². The number of aromatic nitrogens is 2. The molecule has 4 rings (SSSR count). The van der Waals surface area contributed by atoms with E-state index >= 15 is 0 Å². The first-order chi connectivity index (χ1) is 17.9. The van der Waals surface area contributed by atoms with Crippen LogP contribution in [-0.4, -0.2) is 45.1 Å². The first-order valence-electron chi connectivity index (χ1n) is 12.2. The van der Waals surface area contributed by atoms with Crippen LogP contribution in [0.15, 0.2) is 78.9 Å². The number of fused-ring (bicyclic) bond motifs is 1. The zero-order chi connectivity index (χ0) is 26.4. The van der Waals surface area contributed by atoms with Gasteiger partial charge in [0.1, 0.15) is 11.9 Å². The predicted octanol–water partition coefficient (Wildman–Crippen LogP) is 5.14. The zero-order valence-corrected chi connectivity index (χ0v) is 21.2. The summed E-state index contributed by atoms with van der Waals surface area (Å²) in [4.78, 5) is 16.0. The molecule has 1 aromatic heterocycles. The number of methoxy groups -OCH3 is 1. The molecule has 0 spiro atoms. The molecule has 2 N–H and O–H groups in total. The molecular formula is C30H32N2O5. The van der Waals surface area contributed by atoms with Gasteiger partial charge in [-0.3, -0.25) is 0 Å². The van der Waals surface area contributed by atoms with Gasteiger partial charge in [-0.05, 0) is 48.7 Å². The van der Waals surface area contributed by atoms with Gasteiger partial charge in [0.25, 0.3) is 0 Å². The van der Waals surface area contributed by atoms with Crippen LogP contribution in [0.25, 0.3) is 17.1 Å². The van der Waals surface area contributed by atoms with Crippen molar-refractivity contribution < 1.29 is 24.5 Å². The SMILES string of the molecule is COC(C(=O)O)[C@@H](C)OCc1cccc(/C=C/Cn2c(C(O)c3ccc(C)cc3)nc3ccccc32)c1. The van der Waals surface area contributed by atoms with Crippen molar-refractivity contribution in [2.75, 3.05) is 7.11 Å². The molecule has 37 heavy (non-hydrogen) atoms. The minimum absolute atomic E-state index is 0.273. The second kappa shape index (κ2) is 12.0. The van der Waals surface area contributed by atoms with E-state index in [0.717, 1.165) is 33.3 Å². The van der Waals surface area contributed by atoms with Crippen LogP contribution >= 0.6 is 0 Å². The Hall–Kier alpha value is -3.78. The molecule has 3 aromatic carbocycles. The molecule has 0 aliphatic carbocycles. The van der Waals surface area contributed by atoms with Crippen LogP contribution in [0.2, 0.25) is 0 Å². The zero-order valence-electron chi connectivity index (χ0n) is 21.2. The number of benzene rings is 3. The summed E-state index contributed by atoms with van der Waals surface area (Å²) in [5, 5.41) is 20.4.